The smallest absolute Gasteiger partial charge is 0.146 e. The van der Waals surface area contributed by atoms with Gasteiger partial charge in [-0.05, 0) is 12.8 Å². The van der Waals surface area contributed by atoms with Crippen LogP contribution in [0.2, 0.25) is 0 Å². The van der Waals surface area contributed by atoms with Crippen LogP contribution in [0.1, 0.15) is 85.0 Å². The van der Waals surface area contributed by atoms with Gasteiger partial charge in [-0.15, -0.1) is 0 Å². The zero-order chi connectivity index (χ0) is 21.4. The average molecular weight is 400 g/mol. The van der Waals surface area contributed by atoms with Crippen molar-refractivity contribution in [1.82, 2.24) is 0 Å². The first-order valence-corrected chi connectivity index (χ1v) is 10.8. The Morgan fingerprint density at radius 1 is 0.929 bits per heavy atom. The van der Waals surface area contributed by atoms with Crippen molar-refractivity contribution in [2.24, 2.45) is 5.92 Å². The number of carbonyl (C=O) groups is 1. The van der Waals surface area contributed by atoms with Crippen LogP contribution >= 0.6 is 0 Å². The second-order valence-electron chi connectivity index (χ2n) is 7.82. The Hall–Kier alpha value is -1.53. The summed E-state index contributed by atoms with van der Waals surface area (Å²) in [4.78, 5) is 11.3. The maximum absolute atomic E-state index is 11.3. The third-order valence-electron chi connectivity index (χ3n) is 4.92. The Bertz CT molecular complexity index is 459. The van der Waals surface area contributed by atoms with Crippen molar-refractivity contribution < 1.29 is 29.7 Å². The SMILES string of the molecule is CCCCCC/C(O)=C/[N+](/C=C(\O)CCCCCC)(CCO)CC(C)C(=O)[O-]. The fourth-order valence-electron chi connectivity index (χ4n) is 3.32. The van der Waals surface area contributed by atoms with E-state index in [0.29, 0.717) is 12.8 Å². The third kappa shape index (κ3) is 12.0. The summed E-state index contributed by atoms with van der Waals surface area (Å²) in [5.41, 5.74) is 0. The van der Waals surface area contributed by atoms with Gasteiger partial charge in [0.2, 0.25) is 0 Å². The molecule has 0 rings (SSSR count). The van der Waals surface area contributed by atoms with Gasteiger partial charge in [0.05, 0.1) is 13.2 Å². The molecule has 28 heavy (non-hydrogen) atoms. The van der Waals surface area contributed by atoms with E-state index in [1.54, 1.807) is 12.4 Å². The molecule has 0 heterocycles. The summed E-state index contributed by atoms with van der Waals surface area (Å²) < 4.78 is -0.106. The predicted molar refractivity (Wildman–Crippen MR) is 110 cm³/mol. The minimum Gasteiger partial charge on any atom is -0.550 e. The van der Waals surface area contributed by atoms with Gasteiger partial charge in [-0.2, -0.15) is 0 Å². The number of hydrogen-bond acceptors (Lipinski definition) is 5. The van der Waals surface area contributed by atoms with E-state index in [4.69, 9.17) is 0 Å². The van der Waals surface area contributed by atoms with E-state index in [9.17, 15) is 25.2 Å². The number of rotatable bonds is 17. The van der Waals surface area contributed by atoms with Gasteiger partial charge in [0.25, 0.3) is 0 Å². The standard InChI is InChI=1S/C22H41NO5/c1-4-6-8-10-12-20(25)17-23(14-15-24,16-19(3)22(27)28)18-21(26)13-11-9-7-5-2/h17-19,24H,4-16H2,1-3H3,(H2-,25,26,27,28)/b20-17-,21-18-. The van der Waals surface area contributed by atoms with Gasteiger partial charge in [0.15, 0.2) is 0 Å². The lowest BCUT2D eigenvalue weighted by Gasteiger charge is -2.33. The number of aliphatic carboxylic acids is 1. The van der Waals surface area contributed by atoms with E-state index in [2.05, 4.69) is 13.8 Å². The van der Waals surface area contributed by atoms with Crippen LogP contribution in [0, 0.1) is 5.92 Å². The third-order valence-corrected chi connectivity index (χ3v) is 4.92. The molecule has 0 aromatic heterocycles. The highest BCUT2D eigenvalue weighted by Crippen LogP contribution is 2.21. The zero-order valence-electron chi connectivity index (χ0n) is 18.0. The van der Waals surface area contributed by atoms with Crippen molar-refractivity contribution in [3.05, 3.63) is 23.9 Å². The first-order chi connectivity index (χ1) is 13.3. The number of aliphatic hydroxyl groups excluding tert-OH is 3. The number of carbonyl (C=O) groups excluding carboxylic acids is 1. The average Bonchev–Trinajstić information content (AvgIpc) is 2.62. The van der Waals surface area contributed by atoms with Crippen LogP contribution in [0.3, 0.4) is 0 Å². The second-order valence-corrected chi connectivity index (χ2v) is 7.82. The minimum atomic E-state index is -1.19. The van der Waals surface area contributed by atoms with Gasteiger partial charge in [-0.1, -0.05) is 59.3 Å². The van der Waals surface area contributed by atoms with E-state index in [0.717, 1.165) is 51.4 Å². The lowest BCUT2D eigenvalue weighted by atomic mass is 10.1. The number of aliphatic hydroxyl groups is 3. The van der Waals surface area contributed by atoms with E-state index in [-0.39, 0.29) is 35.7 Å². The molecule has 0 aromatic carbocycles. The monoisotopic (exact) mass is 399 g/mol. The van der Waals surface area contributed by atoms with Crippen molar-refractivity contribution >= 4 is 5.97 Å². The number of nitrogens with zero attached hydrogens (tertiary/aromatic N) is 1. The number of carboxylic acids is 1. The largest absolute Gasteiger partial charge is 0.550 e. The van der Waals surface area contributed by atoms with Gasteiger partial charge in [0, 0.05) is 24.7 Å². The highest BCUT2D eigenvalue weighted by atomic mass is 16.4. The van der Waals surface area contributed by atoms with Crippen molar-refractivity contribution in [3.63, 3.8) is 0 Å². The van der Waals surface area contributed by atoms with Crippen LogP contribution in [0.5, 0.6) is 0 Å². The highest BCUT2D eigenvalue weighted by Gasteiger charge is 2.28. The van der Waals surface area contributed by atoms with Gasteiger partial charge < -0.3 is 25.2 Å². The maximum Gasteiger partial charge on any atom is 0.146 e. The zero-order valence-corrected chi connectivity index (χ0v) is 18.0. The molecule has 0 aromatic rings. The lowest BCUT2D eigenvalue weighted by Crippen LogP contribution is -2.47. The molecule has 0 aliphatic carbocycles. The van der Waals surface area contributed by atoms with Crippen LogP contribution in [-0.4, -0.2) is 45.5 Å². The van der Waals surface area contributed by atoms with Crippen LogP contribution in [-0.2, 0) is 4.79 Å². The molecular formula is C22H41NO5. The summed E-state index contributed by atoms with van der Waals surface area (Å²) in [5.74, 6) is -1.66. The molecule has 0 aliphatic rings. The normalized spacial score (nSPS) is 16.0. The van der Waals surface area contributed by atoms with Gasteiger partial charge in [-0.25, -0.2) is 0 Å². The van der Waals surface area contributed by atoms with Gasteiger partial charge in [0.1, 0.15) is 30.5 Å². The Morgan fingerprint density at radius 2 is 1.39 bits per heavy atom. The Morgan fingerprint density at radius 3 is 1.75 bits per heavy atom. The van der Waals surface area contributed by atoms with E-state index < -0.39 is 11.9 Å². The number of unbranched alkanes of at least 4 members (excludes halogenated alkanes) is 6. The molecule has 164 valence electrons. The topological polar surface area (TPSA) is 101 Å². The van der Waals surface area contributed by atoms with Crippen LogP contribution in [0.25, 0.3) is 0 Å². The number of allylic oxidation sites excluding steroid dienone is 2. The molecule has 0 saturated heterocycles. The molecule has 6 nitrogen and oxygen atoms in total. The molecule has 0 saturated carbocycles. The molecule has 0 aliphatic heterocycles. The predicted octanol–water partition coefficient (Wildman–Crippen LogP) is 3.92. The van der Waals surface area contributed by atoms with Crippen molar-refractivity contribution in [3.8, 4) is 0 Å². The molecule has 6 heteroatoms. The lowest BCUT2D eigenvalue weighted by molar-refractivity contribution is -0.833. The molecule has 0 radical (unpaired) electrons. The minimum absolute atomic E-state index is 0.0981. The Kier molecular flexibility index (Phi) is 14.6. The summed E-state index contributed by atoms with van der Waals surface area (Å²) in [6.07, 6.45) is 12.3. The quantitative estimate of drug-likeness (QED) is 0.195. The maximum atomic E-state index is 11.3. The van der Waals surface area contributed by atoms with Gasteiger partial charge in [-0.3, -0.25) is 4.48 Å². The first-order valence-electron chi connectivity index (χ1n) is 10.8. The summed E-state index contributed by atoms with van der Waals surface area (Å²) in [7, 11) is 0. The van der Waals surface area contributed by atoms with E-state index >= 15 is 0 Å². The Labute approximate surface area is 170 Å². The van der Waals surface area contributed by atoms with Crippen LogP contribution < -0.4 is 5.11 Å². The summed E-state index contributed by atoms with van der Waals surface area (Å²) in [6, 6.07) is 0. The number of quaternary nitrogens is 1. The summed E-state index contributed by atoms with van der Waals surface area (Å²) in [6.45, 7) is 5.86. The van der Waals surface area contributed by atoms with Crippen LogP contribution in [0.15, 0.2) is 23.9 Å². The van der Waals surface area contributed by atoms with Crippen molar-refractivity contribution in [1.29, 1.82) is 0 Å². The van der Waals surface area contributed by atoms with E-state index in [1.807, 2.05) is 0 Å². The molecule has 0 spiro atoms. The molecule has 0 fully saturated rings. The second kappa shape index (κ2) is 15.4. The fraction of sp³-hybridized carbons (Fsp3) is 0.773. The molecule has 3 N–H and O–H groups in total. The number of carboxylic acid groups (broad SMARTS) is 1. The van der Waals surface area contributed by atoms with Crippen LogP contribution in [0.4, 0.5) is 0 Å². The number of hydrogen-bond donors (Lipinski definition) is 3. The molecular weight excluding hydrogens is 358 g/mol. The molecule has 1 atom stereocenters. The highest BCUT2D eigenvalue weighted by molar-refractivity contribution is 5.67. The first kappa shape index (κ1) is 26.5. The fourth-order valence-corrected chi connectivity index (χ4v) is 3.32. The summed E-state index contributed by atoms with van der Waals surface area (Å²) in [5, 5.41) is 41.7. The molecule has 0 amide bonds. The van der Waals surface area contributed by atoms with Gasteiger partial charge >= 0.3 is 0 Å². The van der Waals surface area contributed by atoms with Crippen molar-refractivity contribution in [2.45, 2.75) is 85.0 Å². The van der Waals surface area contributed by atoms with E-state index in [1.165, 1.54) is 6.92 Å². The molecule has 1 unspecified atom stereocenters. The van der Waals surface area contributed by atoms with Crippen molar-refractivity contribution in [2.75, 3.05) is 19.7 Å². The molecule has 0 bridgehead atoms. The summed E-state index contributed by atoms with van der Waals surface area (Å²) >= 11 is 0. The Balaban J connectivity index is 5.46.